The average molecular weight is 345 g/mol. The van der Waals surface area contributed by atoms with Crippen molar-refractivity contribution in [3.63, 3.8) is 0 Å². The highest BCUT2D eigenvalue weighted by atomic mass is 16.5. The van der Waals surface area contributed by atoms with Crippen molar-refractivity contribution in [1.29, 1.82) is 0 Å². The van der Waals surface area contributed by atoms with Crippen molar-refractivity contribution in [3.8, 4) is 11.5 Å². The third-order valence-corrected chi connectivity index (χ3v) is 6.07. The molecular weight excluding hydrogens is 318 g/mol. The molecule has 3 fully saturated rings. The zero-order chi connectivity index (χ0) is 17.4. The van der Waals surface area contributed by atoms with Crippen molar-refractivity contribution in [3.05, 3.63) is 18.2 Å². The Morgan fingerprint density at radius 2 is 1.80 bits per heavy atom. The highest BCUT2D eigenvalue weighted by Crippen LogP contribution is 2.39. The molecular formula is C19H27N3O3. The Hall–Kier alpha value is -1.95. The molecule has 2 heterocycles. The second kappa shape index (κ2) is 6.75. The molecule has 2 amide bonds. The van der Waals surface area contributed by atoms with Gasteiger partial charge in [-0.3, -0.25) is 4.90 Å². The molecule has 6 heteroatoms. The van der Waals surface area contributed by atoms with Gasteiger partial charge in [-0.1, -0.05) is 6.42 Å². The lowest BCUT2D eigenvalue weighted by Gasteiger charge is -2.44. The van der Waals surface area contributed by atoms with Gasteiger partial charge in [-0.2, -0.15) is 0 Å². The molecule has 0 spiro atoms. The number of carbonyl (C=O) groups is 1. The Morgan fingerprint density at radius 1 is 1.08 bits per heavy atom. The van der Waals surface area contributed by atoms with Gasteiger partial charge in [0.2, 0.25) is 0 Å². The van der Waals surface area contributed by atoms with Crippen LogP contribution in [0, 0.1) is 11.8 Å². The smallest absolute Gasteiger partial charge is 0.322 e. The minimum Gasteiger partial charge on any atom is -0.497 e. The van der Waals surface area contributed by atoms with Crippen LogP contribution in [0.25, 0.3) is 0 Å². The molecule has 2 atom stereocenters. The summed E-state index contributed by atoms with van der Waals surface area (Å²) in [5.41, 5.74) is 0.674. The third-order valence-electron chi connectivity index (χ3n) is 6.07. The highest BCUT2D eigenvalue weighted by Gasteiger charge is 2.43. The first-order valence-electron chi connectivity index (χ1n) is 9.20. The van der Waals surface area contributed by atoms with Gasteiger partial charge in [0, 0.05) is 38.3 Å². The van der Waals surface area contributed by atoms with Crippen LogP contribution in [-0.2, 0) is 0 Å². The summed E-state index contributed by atoms with van der Waals surface area (Å²) >= 11 is 0. The van der Waals surface area contributed by atoms with Crippen molar-refractivity contribution < 1.29 is 14.3 Å². The molecule has 1 saturated carbocycles. The summed E-state index contributed by atoms with van der Waals surface area (Å²) in [5.74, 6) is 3.13. The molecule has 0 radical (unpaired) electrons. The lowest BCUT2D eigenvalue weighted by molar-refractivity contribution is 0.0722. The normalized spacial score (nSPS) is 26.2. The van der Waals surface area contributed by atoms with Crippen LogP contribution in [0.4, 0.5) is 10.5 Å². The van der Waals surface area contributed by atoms with E-state index >= 15 is 0 Å². The molecule has 1 N–H and O–H groups in total. The largest absolute Gasteiger partial charge is 0.497 e. The van der Waals surface area contributed by atoms with Crippen LogP contribution in [0.3, 0.4) is 0 Å². The molecule has 6 nitrogen and oxygen atoms in total. The van der Waals surface area contributed by atoms with E-state index in [9.17, 15) is 4.79 Å². The average Bonchev–Trinajstić information content (AvgIpc) is 3.15. The van der Waals surface area contributed by atoms with Gasteiger partial charge in [0.25, 0.3) is 0 Å². The summed E-state index contributed by atoms with van der Waals surface area (Å²) in [6, 6.07) is 5.89. The number of methoxy groups -OCH3 is 2. The number of ether oxygens (including phenoxy) is 2. The number of likely N-dealkylation sites (tertiary alicyclic amines) is 2. The summed E-state index contributed by atoms with van der Waals surface area (Å²) in [7, 11) is 3.20. The fourth-order valence-corrected chi connectivity index (χ4v) is 4.52. The molecule has 136 valence electrons. The maximum atomic E-state index is 12.5. The molecule has 25 heavy (non-hydrogen) atoms. The minimum atomic E-state index is -0.0564. The number of urea groups is 1. The van der Waals surface area contributed by atoms with Crippen LogP contribution in [0.1, 0.15) is 19.3 Å². The van der Waals surface area contributed by atoms with Gasteiger partial charge in [-0.05, 0) is 36.8 Å². The number of nitrogens with zero attached hydrogens (tertiary/aromatic N) is 2. The Balaban J connectivity index is 1.30. The Kier molecular flexibility index (Phi) is 4.46. The maximum absolute atomic E-state index is 12.5. The molecule has 4 rings (SSSR count). The highest BCUT2D eigenvalue weighted by molar-refractivity contribution is 5.91. The first kappa shape index (κ1) is 16.5. The van der Waals surface area contributed by atoms with Gasteiger partial charge in [-0.25, -0.2) is 4.79 Å². The standard InChI is InChI=1S/C19H27N3O3/c1-24-16-6-7-17(18(8-16)25-2)20-19(23)22-11-15(12-22)21-9-13-4-3-5-14(13)10-21/h6-8,13-15H,3-5,9-12H2,1-2H3,(H,20,23). The summed E-state index contributed by atoms with van der Waals surface area (Å²) in [6.07, 6.45) is 4.21. The zero-order valence-corrected chi connectivity index (χ0v) is 15.0. The number of rotatable bonds is 4. The van der Waals surface area contributed by atoms with Gasteiger partial charge >= 0.3 is 6.03 Å². The van der Waals surface area contributed by atoms with Crippen LogP contribution in [0.5, 0.6) is 11.5 Å². The van der Waals surface area contributed by atoms with E-state index < -0.39 is 0 Å². The lowest BCUT2D eigenvalue weighted by atomic mass is 10.0. The van der Waals surface area contributed by atoms with Gasteiger partial charge in [0.1, 0.15) is 11.5 Å². The first-order valence-corrected chi connectivity index (χ1v) is 9.20. The number of carbonyl (C=O) groups excluding carboxylic acids is 1. The van der Waals surface area contributed by atoms with E-state index in [4.69, 9.17) is 9.47 Å². The second-order valence-corrected chi connectivity index (χ2v) is 7.46. The van der Waals surface area contributed by atoms with Crippen molar-refractivity contribution in [1.82, 2.24) is 9.80 Å². The van der Waals surface area contributed by atoms with Crippen LogP contribution in [-0.4, -0.2) is 62.3 Å². The van der Waals surface area contributed by atoms with E-state index in [2.05, 4.69) is 10.2 Å². The van der Waals surface area contributed by atoms with E-state index in [1.807, 2.05) is 17.0 Å². The van der Waals surface area contributed by atoms with E-state index in [1.165, 1.54) is 32.4 Å². The number of hydrogen-bond donors (Lipinski definition) is 1. The molecule has 2 aliphatic heterocycles. The number of amides is 2. The Morgan fingerprint density at radius 3 is 2.44 bits per heavy atom. The summed E-state index contributed by atoms with van der Waals surface area (Å²) in [4.78, 5) is 17.0. The predicted octanol–water partition coefficient (Wildman–Crippen LogP) is 2.65. The summed E-state index contributed by atoms with van der Waals surface area (Å²) in [5, 5.41) is 2.95. The van der Waals surface area contributed by atoms with Crippen molar-refractivity contribution in [2.75, 3.05) is 45.7 Å². The summed E-state index contributed by atoms with van der Waals surface area (Å²) in [6.45, 7) is 4.11. The number of benzene rings is 1. The Labute approximate surface area is 149 Å². The van der Waals surface area contributed by atoms with Gasteiger partial charge in [0.15, 0.2) is 0 Å². The Bertz CT molecular complexity index is 633. The number of fused-ring (bicyclic) bond motifs is 1. The van der Waals surface area contributed by atoms with Crippen LogP contribution in [0.2, 0.25) is 0 Å². The van der Waals surface area contributed by atoms with Crippen LogP contribution < -0.4 is 14.8 Å². The number of anilines is 1. The van der Waals surface area contributed by atoms with Crippen LogP contribution in [0.15, 0.2) is 18.2 Å². The molecule has 2 unspecified atom stereocenters. The van der Waals surface area contributed by atoms with Crippen molar-refractivity contribution in [2.45, 2.75) is 25.3 Å². The topological polar surface area (TPSA) is 54.0 Å². The van der Waals surface area contributed by atoms with E-state index in [1.54, 1.807) is 20.3 Å². The maximum Gasteiger partial charge on any atom is 0.322 e. The molecule has 0 aromatic heterocycles. The van der Waals surface area contributed by atoms with Crippen LogP contribution >= 0.6 is 0 Å². The van der Waals surface area contributed by atoms with Gasteiger partial charge in [0.05, 0.1) is 19.9 Å². The lowest BCUT2D eigenvalue weighted by Crippen LogP contribution is -2.61. The zero-order valence-electron chi connectivity index (χ0n) is 15.0. The fraction of sp³-hybridized carbons (Fsp3) is 0.632. The monoisotopic (exact) mass is 345 g/mol. The van der Waals surface area contributed by atoms with E-state index in [-0.39, 0.29) is 6.03 Å². The predicted molar refractivity (Wildman–Crippen MR) is 96.3 cm³/mol. The summed E-state index contributed by atoms with van der Waals surface area (Å²) < 4.78 is 10.5. The third kappa shape index (κ3) is 3.15. The molecule has 2 saturated heterocycles. The molecule has 1 aromatic carbocycles. The quantitative estimate of drug-likeness (QED) is 0.911. The number of hydrogen-bond acceptors (Lipinski definition) is 4. The van der Waals surface area contributed by atoms with E-state index in [0.717, 1.165) is 24.9 Å². The number of nitrogens with one attached hydrogen (secondary N) is 1. The molecule has 0 bridgehead atoms. The second-order valence-electron chi connectivity index (χ2n) is 7.46. The molecule has 1 aliphatic carbocycles. The van der Waals surface area contributed by atoms with Gasteiger partial charge < -0.3 is 19.7 Å². The first-order chi connectivity index (χ1) is 12.2. The fourth-order valence-electron chi connectivity index (χ4n) is 4.52. The van der Waals surface area contributed by atoms with Crippen molar-refractivity contribution >= 4 is 11.7 Å². The van der Waals surface area contributed by atoms with Crippen molar-refractivity contribution in [2.24, 2.45) is 11.8 Å². The van der Waals surface area contributed by atoms with Gasteiger partial charge in [-0.15, -0.1) is 0 Å². The van der Waals surface area contributed by atoms with E-state index in [0.29, 0.717) is 23.2 Å². The SMILES string of the molecule is COc1ccc(NC(=O)N2CC(N3CC4CCCC4C3)C2)c(OC)c1. The molecule has 1 aromatic rings. The minimum absolute atomic E-state index is 0.0564. The molecule has 3 aliphatic rings.